The lowest BCUT2D eigenvalue weighted by Crippen LogP contribution is -2.27. The molecule has 10 nitrogen and oxygen atoms in total. The number of anilines is 1. The normalized spacial score (nSPS) is 12.2. The number of H-pyrrole nitrogens is 2. The van der Waals surface area contributed by atoms with Crippen LogP contribution >= 0.6 is 0 Å². The molecule has 6 aromatic rings. The first-order valence-electron chi connectivity index (χ1n) is 13.9. The van der Waals surface area contributed by atoms with E-state index < -0.39 is 21.1 Å². The number of fused-ring (bicyclic) bond motifs is 2. The van der Waals surface area contributed by atoms with Crippen molar-refractivity contribution >= 4 is 43.4 Å². The molecule has 224 valence electrons. The molecule has 5 aromatic heterocycles. The Labute approximate surface area is 253 Å². The Hall–Kier alpha value is -4.97. The minimum absolute atomic E-state index is 0.0728. The minimum Gasteiger partial charge on any atom is -0.353 e. The Kier molecular flexibility index (Phi) is 7.24. The molecule has 0 aliphatic rings. The second-order valence-electron chi connectivity index (χ2n) is 11.9. The van der Waals surface area contributed by atoms with Gasteiger partial charge >= 0.3 is 0 Å². The summed E-state index contributed by atoms with van der Waals surface area (Å²) in [5.41, 5.74) is 6.03. The number of hydrogen-bond donors (Lipinski definition) is 3. The van der Waals surface area contributed by atoms with Gasteiger partial charge in [0.2, 0.25) is 5.91 Å². The molecule has 12 heteroatoms. The first kappa shape index (κ1) is 29.1. The molecule has 3 N–H and O–H groups in total. The summed E-state index contributed by atoms with van der Waals surface area (Å²) < 4.78 is 38.0. The van der Waals surface area contributed by atoms with Crippen LogP contribution in [0.15, 0.2) is 67.3 Å². The number of carbonyl (C=O) groups is 1. The van der Waals surface area contributed by atoms with Gasteiger partial charge in [0.15, 0.2) is 5.65 Å². The predicted molar refractivity (Wildman–Crippen MR) is 169 cm³/mol. The van der Waals surface area contributed by atoms with E-state index >= 15 is 0 Å². The molecule has 0 unspecified atom stereocenters. The molecule has 0 radical (unpaired) electrons. The highest BCUT2D eigenvalue weighted by Gasteiger charge is 2.22. The number of carbonyl (C=O) groups excluding carboxylic acids is 1. The molecular weight excluding hydrogens is 581 g/mol. The Bertz CT molecular complexity index is 2160. The van der Waals surface area contributed by atoms with Gasteiger partial charge in [-0.1, -0.05) is 20.8 Å². The summed E-state index contributed by atoms with van der Waals surface area (Å²) in [7, 11) is -3.20. The number of nitrogens with one attached hydrogen (secondary N) is 3. The number of amides is 1. The summed E-state index contributed by atoms with van der Waals surface area (Å²) in [6, 6.07) is 12.1. The zero-order valence-electron chi connectivity index (χ0n) is 24.6. The number of sulfone groups is 1. The molecule has 0 bridgehead atoms. The fourth-order valence-corrected chi connectivity index (χ4v) is 5.51. The Morgan fingerprint density at radius 1 is 0.955 bits per heavy atom. The maximum absolute atomic E-state index is 14.6. The van der Waals surface area contributed by atoms with Crippen LogP contribution in [0, 0.1) is 11.2 Å². The van der Waals surface area contributed by atoms with Crippen molar-refractivity contribution in [3.8, 4) is 33.8 Å². The fraction of sp³-hybridized carbons (Fsp3) is 0.219. The average molecular weight is 612 g/mol. The summed E-state index contributed by atoms with van der Waals surface area (Å²) in [5.74, 6) is -0.648. The molecule has 0 aliphatic heterocycles. The van der Waals surface area contributed by atoms with Crippen molar-refractivity contribution in [1.29, 1.82) is 0 Å². The van der Waals surface area contributed by atoms with E-state index in [0.717, 1.165) is 39.4 Å². The highest BCUT2D eigenvalue weighted by Crippen LogP contribution is 2.34. The molecule has 0 fully saturated rings. The van der Waals surface area contributed by atoms with Gasteiger partial charge in [0.1, 0.15) is 15.7 Å². The maximum Gasteiger partial charge on any atom is 0.229 e. The number of aromatic amines is 2. The number of aromatic nitrogens is 6. The molecule has 1 amide bonds. The SMILES string of the molecule is CC(C)(C)C(=O)Nc1cncc(-c2cnc3n[nH]c(-c4cc5c(-c6cc(F)cc(CCS(C)(=O)=O)c6)nccc5[nH]4)c3c2)c1. The molecule has 0 saturated heterocycles. The average Bonchev–Trinajstić information content (AvgIpc) is 3.59. The molecule has 0 atom stereocenters. The first-order chi connectivity index (χ1) is 20.8. The number of aryl methyl sites for hydroxylation is 1. The van der Waals surface area contributed by atoms with Crippen molar-refractivity contribution in [3.05, 3.63) is 78.6 Å². The van der Waals surface area contributed by atoms with Crippen LogP contribution in [-0.2, 0) is 21.1 Å². The van der Waals surface area contributed by atoms with E-state index in [1.54, 1.807) is 30.9 Å². The third kappa shape index (κ3) is 6.06. The molecular formula is C32H30FN7O3S. The second kappa shape index (κ2) is 10.9. The molecule has 0 saturated carbocycles. The Balaban J connectivity index is 1.37. The van der Waals surface area contributed by atoms with Crippen molar-refractivity contribution in [2.24, 2.45) is 5.41 Å². The number of hydrogen-bond acceptors (Lipinski definition) is 7. The van der Waals surface area contributed by atoms with Crippen LogP contribution in [0.2, 0.25) is 0 Å². The van der Waals surface area contributed by atoms with E-state index in [2.05, 4.69) is 35.5 Å². The van der Waals surface area contributed by atoms with E-state index in [1.165, 1.54) is 12.1 Å². The lowest BCUT2D eigenvalue weighted by molar-refractivity contribution is -0.123. The second-order valence-corrected chi connectivity index (χ2v) is 14.2. The van der Waals surface area contributed by atoms with Gasteiger partial charge in [-0.05, 0) is 54.4 Å². The van der Waals surface area contributed by atoms with Crippen LogP contribution < -0.4 is 5.32 Å². The van der Waals surface area contributed by atoms with E-state index in [9.17, 15) is 17.6 Å². The van der Waals surface area contributed by atoms with E-state index in [4.69, 9.17) is 0 Å². The summed E-state index contributed by atoms with van der Waals surface area (Å²) in [6.45, 7) is 5.54. The summed E-state index contributed by atoms with van der Waals surface area (Å²) in [4.78, 5) is 29.3. The van der Waals surface area contributed by atoms with E-state index in [-0.39, 0.29) is 18.1 Å². The standard InChI is InChI=1S/C32H30FN7O3S/c1-32(2,3)31(41)37-23-12-20(15-34-17-23)21-13-25-29(39-40-30(25)36-16-21)27-14-24-26(38-27)5-7-35-28(24)19-9-18(10-22(33)11-19)6-8-44(4,42)43/h5,7,9-17,38H,6,8H2,1-4H3,(H,37,41)(H,36,39,40). The van der Waals surface area contributed by atoms with Gasteiger partial charge < -0.3 is 10.3 Å². The largest absolute Gasteiger partial charge is 0.353 e. The molecule has 1 aromatic carbocycles. The zero-order chi connectivity index (χ0) is 31.2. The van der Waals surface area contributed by atoms with Gasteiger partial charge in [0.05, 0.1) is 34.7 Å². The molecule has 0 aliphatic carbocycles. The number of benzene rings is 1. The Morgan fingerprint density at radius 2 is 1.75 bits per heavy atom. The predicted octanol–water partition coefficient (Wildman–Crippen LogP) is 5.94. The van der Waals surface area contributed by atoms with Crippen LogP contribution in [0.1, 0.15) is 26.3 Å². The number of rotatable bonds is 7. The van der Waals surface area contributed by atoms with Gasteiger partial charge in [-0.15, -0.1) is 0 Å². The van der Waals surface area contributed by atoms with Crippen LogP contribution in [0.4, 0.5) is 10.1 Å². The lowest BCUT2D eigenvalue weighted by Gasteiger charge is -2.17. The smallest absolute Gasteiger partial charge is 0.229 e. The third-order valence-corrected chi connectivity index (χ3v) is 8.18. The van der Waals surface area contributed by atoms with Gasteiger partial charge in [-0.3, -0.25) is 19.9 Å². The summed E-state index contributed by atoms with van der Waals surface area (Å²) in [5, 5.41) is 11.9. The van der Waals surface area contributed by atoms with Crippen LogP contribution in [0.25, 0.3) is 55.7 Å². The summed E-state index contributed by atoms with van der Waals surface area (Å²) in [6.07, 6.45) is 8.02. The Morgan fingerprint density at radius 3 is 2.52 bits per heavy atom. The third-order valence-electron chi connectivity index (χ3n) is 7.23. The highest BCUT2D eigenvalue weighted by atomic mass is 32.2. The van der Waals surface area contributed by atoms with Gasteiger partial charge in [-0.25, -0.2) is 17.8 Å². The number of pyridine rings is 3. The monoisotopic (exact) mass is 611 g/mol. The quantitative estimate of drug-likeness (QED) is 0.202. The van der Waals surface area contributed by atoms with Gasteiger partial charge in [-0.2, -0.15) is 5.10 Å². The van der Waals surface area contributed by atoms with Crippen molar-refractivity contribution in [2.75, 3.05) is 17.3 Å². The maximum atomic E-state index is 14.6. The van der Waals surface area contributed by atoms with Crippen LogP contribution in [-0.4, -0.2) is 56.5 Å². The van der Waals surface area contributed by atoms with Crippen molar-refractivity contribution in [2.45, 2.75) is 27.2 Å². The topological polar surface area (TPSA) is 146 Å². The number of halogens is 1. The lowest BCUT2D eigenvalue weighted by atomic mass is 9.95. The van der Waals surface area contributed by atoms with Crippen molar-refractivity contribution < 1.29 is 17.6 Å². The number of nitrogens with zero attached hydrogens (tertiary/aromatic N) is 4. The molecule has 0 spiro atoms. The van der Waals surface area contributed by atoms with Crippen LogP contribution in [0.3, 0.4) is 0 Å². The highest BCUT2D eigenvalue weighted by molar-refractivity contribution is 7.90. The van der Waals surface area contributed by atoms with Crippen LogP contribution in [0.5, 0.6) is 0 Å². The van der Waals surface area contributed by atoms with E-state index in [1.807, 2.05) is 45.0 Å². The zero-order valence-corrected chi connectivity index (χ0v) is 25.4. The fourth-order valence-electron chi connectivity index (χ4n) is 4.90. The van der Waals surface area contributed by atoms with Crippen molar-refractivity contribution in [1.82, 2.24) is 30.1 Å². The van der Waals surface area contributed by atoms with E-state index in [0.29, 0.717) is 33.8 Å². The minimum atomic E-state index is -3.20. The van der Waals surface area contributed by atoms with Gasteiger partial charge in [0, 0.05) is 63.2 Å². The van der Waals surface area contributed by atoms with Gasteiger partial charge in [0.25, 0.3) is 0 Å². The van der Waals surface area contributed by atoms with Crippen molar-refractivity contribution in [3.63, 3.8) is 0 Å². The molecule has 6 rings (SSSR count). The molecule has 44 heavy (non-hydrogen) atoms. The molecule has 5 heterocycles. The summed E-state index contributed by atoms with van der Waals surface area (Å²) >= 11 is 0. The first-order valence-corrected chi connectivity index (χ1v) is 16.0.